The Labute approximate surface area is 197 Å². The summed E-state index contributed by atoms with van der Waals surface area (Å²) in [5, 5.41) is 12.7. The van der Waals surface area contributed by atoms with E-state index in [-0.39, 0.29) is 5.91 Å². The molecule has 7 nitrogen and oxygen atoms in total. The van der Waals surface area contributed by atoms with E-state index >= 15 is 0 Å². The van der Waals surface area contributed by atoms with Gasteiger partial charge in [-0.1, -0.05) is 36.4 Å². The molecule has 1 aliphatic rings. The van der Waals surface area contributed by atoms with Crippen LogP contribution in [0, 0.1) is 0 Å². The fraction of sp³-hybridized carbons (Fsp3) is 0.148. The summed E-state index contributed by atoms with van der Waals surface area (Å²) in [5.74, 6) is -0.457. The second-order valence-corrected chi connectivity index (χ2v) is 8.31. The van der Waals surface area contributed by atoms with E-state index in [4.69, 9.17) is 0 Å². The van der Waals surface area contributed by atoms with E-state index in [1.807, 2.05) is 72.9 Å². The molecule has 34 heavy (non-hydrogen) atoms. The van der Waals surface area contributed by atoms with E-state index in [2.05, 4.69) is 15.3 Å². The van der Waals surface area contributed by atoms with Gasteiger partial charge in [0.1, 0.15) is 11.9 Å². The van der Waals surface area contributed by atoms with Gasteiger partial charge in [0.25, 0.3) is 5.91 Å². The highest BCUT2D eigenvalue weighted by Crippen LogP contribution is 2.30. The van der Waals surface area contributed by atoms with Crippen LogP contribution in [0.4, 0.5) is 11.4 Å². The number of carbonyl (C=O) groups is 2. The number of aromatic nitrogens is 2. The van der Waals surface area contributed by atoms with E-state index in [1.54, 1.807) is 6.07 Å². The van der Waals surface area contributed by atoms with Gasteiger partial charge in [-0.25, -0.2) is 9.78 Å². The first-order valence-corrected chi connectivity index (χ1v) is 11.1. The quantitative estimate of drug-likeness (QED) is 0.384. The van der Waals surface area contributed by atoms with Crippen molar-refractivity contribution in [3.05, 3.63) is 90.1 Å². The Kier molecular flexibility index (Phi) is 5.59. The van der Waals surface area contributed by atoms with Crippen molar-refractivity contribution in [3.63, 3.8) is 0 Å². The van der Waals surface area contributed by atoms with Crippen molar-refractivity contribution in [2.24, 2.45) is 0 Å². The van der Waals surface area contributed by atoms with Gasteiger partial charge in [0.2, 0.25) is 0 Å². The van der Waals surface area contributed by atoms with Crippen LogP contribution in [0.1, 0.15) is 22.8 Å². The first-order valence-electron chi connectivity index (χ1n) is 11.1. The van der Waals surface area contributed by atoms with Crippen molar-refractivity contribution >= 4 is 23.3 Å². The Bertz CT molecular complexity index is 1350. The van der Waals surface area contributed by atoms with Crippen LogP contribution >= 0.6 is 0 Å². The Morgan fingerprint density at radius 3 is 2.53 bits per heavy atom. The fourth-order valence-corrected chi connectivity index (χ4v) is 4.26. The van der Waals surface area contributed by atoms with E-state index in [0.717, 1.165) is 39.6 Å². The van der Waals surface area contributed by atoms with Crippen LogP contribution in [0.3, 0.4) is 0 Å². The molecule has 2 heterocycles. The molecule has 1 atom stereocenters. The first-order chi connectivity index (χ1) is 16.5. The summed E-state index contributed by atoms with van der Waals surface area (Å²) < 4.78 is 0. The molecular weight excluding hydrogens is 428 g/mol. The Morgan fingerprint density at radius 1 is 1.03 bits per heavy atom. The van der Waals surface area contributed by atoms with Crippen LogP contribution in [0.2, 0.25) is 0 Å². The molecule has 7 heteroatoms. The zero-order valence-corrected chi connectivity index (χ0v) is 18.7. The van der Waals surface area contributed by atoms with E-state index in [1.165, 1.54) is 11.8 Å². The lowest BCUT2D eigenvalue weighted by Gasteiger charge is -2.32. The smallest absolute Gasteiger partial charge is 0.326 e. The molecule has 3 aromatic carbocycles. The maximum atomic E-state index is 12.9. The number of aromatic amines is 1. The highest BCUT2D eigenvalue weighted by Gasteiger charge is 2.32. The number of H-pyrrole nitrogens is 1. The molecule has 0 saturated heterocycles. The Balaban J connectivity index is 1.34. The molecule has 1 aliphatic heterocycles. The highest BCUT2D eigenvalue weighted by atomic mass is 16.4. The predicted octanol–water partition coefficient (Wildman–Crippen LogP) is 4.96. The molecule has 0 saturated carbocycles. The van der Waals surface area contributed by atoms with Crippen molar-refractivity contribution in [2.45, 2.75) is 19.4 Å². The number of aliphatic carboxylic acids is 1. The lowest BCUT2D eigenvalue weighted by molar-refractivity contribution is -0.141. The second kappa shape index (κ2) is 8.86. The van der Waals surface area contributed by atoms with Crippen molar-refractivity contribution < 1.29 is 14.7 Å². The maximum Gasteiger partial charge on any atom is 0.326 e. The summed E-state index contributed by atoms with van der Waals surface area (Å²) in [5.41, 5.74) is 6.21. The van der Waals surface area contributed by atoms with Gasteiger partial charge in [-0.2, -0.15) is 0 Å². The number of imidazole rings is 1. The maximum absolute atomic E-state index is 12.9. The van der Waals surface area contributed by atoms with Gasteiger partial charge in [-0.15, -0.1) is 0 Å². The molecule has 3 N–H and O–H groups in total. The van der Waals surface area contributed by atoms with Gasteiger partial charge in [0.05, 0.1) is 11.9 Å². The van der Waals surface area contributed by atoms with Crippen molar-refractivity contribution in [3.8, 4) is 22.6 Å². The van der Waals surface area contributed by atoms with Gasteiger partial charge in [-0.05, 0) is 60.9 Å². The average molecular weight is 453 g/mol. The summed E-state index contributed by atoms with van der Waals surface area (Å²) in [6.07, 6.45) is 2.42. The molecule has 1 unspecified atom stereocenters. The Hall–Kier alpha value is -4.39. The summed E-state index contributed by atoms with van der Waals surface area (Å²) in [6.45, 7) is 1.91. The monoisotopic (exact) mass is 452 g/mol. The molecule has 170 valence electrons. The van der Waals surface area contributed by atoms with E-state index in [0.29, 0.717) is 18.5 Å². The van der Waals surface area contributed by atoms with E-state index < -0.39 is 12.0 Å². The number of nitrogens with one attached hydrogen (secondary N) is 2. The molecule has 0 bridgehead atoms. The molecule has 4 aromatic rings. The first kappa shape index (κ1) is 21.5. The number of anilines is 2. The molecule has 1 amide bonds. The molecule has 0 radical (unpaired) electrons. The number of carbonyl (C=O) groups excluding carboxylic acids is 1. The number of nitrogens with zero attached hydrogens (tertiary/aromatic N) is 2. The summed E-state index contributed by atoms with van der Waals surface area (Å²) in [4.78, 5) is 33.5. The van der Waals surface area contributed by atoms with Crippen LogP contribution in [0.15, 0.2) is 79.0 Å². The third-order valence-electron chi connectivity index (χ3n) is 6.19. The minimum atomic E-state index is -1.00. The van der Waals surface area contributed by atoms with Crippen LogP contribution < -0.4 is 5.32 Å². The minimum absolute atomic E-state index is 0.248. The lowest BCUT2D eigenvalue weighted by atomic mass is 9.96. The number of hydrogen-bond acceptors (Lipinski definition) is 4. The van der Waals surface area contributed by atoms with Crippen LogP contribution in [-0.2, 0) is 11.2 Å². The molecule has 0 aliphatic carbocycles. The molecule has 0 fully saturated rings. The fourth-order valence-electron chi connectivity index (χ4n) is 4.26. The molecule has 5 rings (SSSR count). The van der Waals surface area contributed by atoms with Crippen LogP contribution in [0.5, 0.6) is 0 Å². The SMILES string of the molecule is CC(C(=O)O)N1CCc2c(Nc3ccc(-c4ncc(-c5ccccc5)[nH]4)cc3)cccc2C1=O. The number of carboxylic acids is 1. The Morgan fingerprint density at radius 2 is 1.79 bits per heavy atom. The van der Waals surface area contributed by atoms with Crippen LogP contribution in [0.25, 0.3) is 22.6 Å². The number of rotatable bonds is 6. The number of hydrogen-bond donors (Lipinski definition) is 3. The van der Waals surface area contributed by atoms with Gasteiger partial charge in [0, 0.05) is 29.0 Å². The van der Waals surface area contributed by atoms with Crippen molar-refractivity contribution in [1.82, 2.24) is 14.9 Å². The molecule has 1 aromatic heterocycles. The minimum Gasteiger partial charge on any atom is -0.480 e. The molecular formula is C27H24N4O3. The topological polar surface area (TPSA) is 98.3 Å². The second-order valence-electron chi connectivity index (χ2n) is 8.31. The highest BCUT2D eigenvalue weighted by molar-refractivity contribution is 6.00. The summed E-state index contributed by atoms with van der Waals surface area (Å²) in [6, 6.07) is 22.7. The average Bonchev–Trinajstić information content (AvgIpc) is 3.36. The zero-order valence-electron chi connectivity index (χ0n) is 18.7. The number of amides is 1. The largest absolute Gasteiger partial charge is 0.480 e. The zero-order chi connectivity index (χ0) is 23.7. The van der Waals surface area contributed by atoms with Gasteiger partial charge in [-0.3, -0.25) is 4.79 Å². The number of fused-ring (bicyclic) bond motifs is 1. The summed E-state index contributed by atoms with van der Waals surface area (Å²) >= 11 is 0. The third kappa shape index (κ3) is 4.03. The number of benzene rings is 3. The third-order valence-corrected chi connectivity index (χ3v) is 6.19. The van der Waals surface area contributed by atoms with Crippen LogP contribution in [-0.4, -0.2) is 44.4 Å². The lowest BCUT2D eigenvalue weighted by Crippen LogP contribution is -2.47. The number of carboxylic acid groups (broad SMARTS) is 1. The predicted molar refractivity (Wildman–Crippen MR) is 131 cm³/mol. The van der Waals surface area contributed by atoms with Crippen molar-refractivity contribution in [2.75, 3.05) is 11.9 Å². The van der Waals surface area contributed by atoms with Gasteiger partial charge < -0.3 is 20.3 Å². The van der Waals surface area contributed by atoms with E-state index in [9.17, 15) is 14.7 Å². The van der Waals surface area contributed by atoms with Gasteiger partial charge >= 0.3 is 5.97 Å². The summed E-state index contributed by atoms with van der Waals surface area (Å²) in [7, 11) is 0. The normalized spacial score (nSPS) is 13.9. The molecule has 0 spiro atoms. The standard InChI is InChI=1S/C27H24N4O3/c1-17(27(33)34)31-15-14-21-22(26(31)32)8-5-9-23(21)29-20-12-10-19(11-13-20)25-28-16-24(30-25)18-6-3-2-4-7-18/h2-13,16-17,29H,14-15H2,1H3,(H,28,30)(H,33,34). The van der Waals surface area contributed by atoms with Gasteiger partial charge in [0.15, 0.2) is 0 Å². The van der Waals surface area contributed by atoms with Crippen molar-refractivity contribution in [1.29, 1.82) is 0 Å².